The summed E-state index contributed by atoms with van der Waals surface area (Å²) in [6, 6.07) is 7.80. The molecule has 0 radical (unpaired) electrons. The molecule has 0 aliphatic rings. The second-order valence-electron chi connectivity index (χ2n) is 5.11. The summed E-state index contributed by atoms with van der Waals surface area (Å²) >= 11 is 0. The molecular formula is C18H14N4O4. The Bertz CT molecular complexity index is 960. The number of esters is 2. The average Bonchev–Trinajstić information content (AvgIpc) is 2.73. The molecule has 0 aliphatic carbocycles. The zero-order chi connectivity index (χ0) is 18.5. The van der Waals surface area contributed by atoms with Gasteiger partial charge in [-0.05, 0) is 30.3 Å². The molecule has 8 heteroatoms. The van der Waals surface area contributed by atoms with E-state index in [9.17, 15) is 9.59 Å². The summed E-state index contributed by atoms with van der Waals surface area (Å²) in [5.41, 5.74) is 1.75. The Morgan fingerprint density at radius 1 is 0.769 bits per heavy atom. The minimum Gasteiger partial charge on any atom is -0.465 e. The van der Waals surface area contributed by atoms with Crippen molar-refractivity contribution in [3.8, 4) is 22.9 Å². The normalized spacial score (nSPS) is 10.2. The van der Waals surface area contributed by atoms with E-state index in [0.29, 0.717) is 28.5 Å². The predicted octanol–water partition coefficient (Wildman–Crippen LogP) is 2.17. The van der Waals surface area contributed by atoms with Gasteiger partial charge in [-0.3, -0.25) is 4.98 Å². The highest BCUT2D eigenvalue weighted by atomic mass is 16.5. The number of carbonyl (C=O) groups excluding carboxylic acids is 2. The first-order valence-corrected chi connectivity index (χ1v) is 7.55. The monoisotopic (exact) mass is 350 g/mol. The third kappa shape index (κ3) is 3.54. The van der Waals surface area contributed by atoms with Crippen LogP contribution in [0.25, 0.3) is 22.9 Å². The standard InChI is InChI=1S/C18H14N4O4/c1-25-17(23)11-4-7-19-13(8-11)14-9-12(18(24)26-2)10-15(22-14)16-20-5-3-6-21-16/h3-10H,1-2H3. The van der Waals surface area contributed by atoms with Crippen LogP contribution in [0, 0.1) is 0 Å². The van der Waals surface area contributed by atoms with Gasteiger partial charge in [0.05, 0.1) is 36.7 Å². The van der Waals surface area contributed by atoms with Gasteiger partial charge < -0.3 is 9.47 Å². The number of methoxy groups -OCH3 is 2. The van der Waals surface area contributed by atoms with E-state index in [1.807, 2.05) is 0 Å². The third-order valence-electron chi connectivity index (χ3n) is 3.48. The number of carbonyl (C=O) groups is 2. The summed E-state index contributed by atoms with van der Waals surface area (Å²) < 4.78 is 9.51. The van der Waals surface area contributed by atoms with Crippen molar-refractivity contribution in [2.75, 3.05) is 14.2 Å². The molecule has 0 saturated heterocycles. The quantitative estimate of drug-likeness (QED) is 0.659. The Kier molecular flexibility index (Phi) is 4.93. The average molecular weight is 350 g/mol. The van der Waals surface area contributed by atoms with E-state index in [4.69, 9.17) is 9.47 Å². The van der Waals surface area contributed by atoms with Crippen LogP contribution in [-0.2, 0) is 9.47 Å². The molecule has 0 aliphatic heterocycles. The smallest absolute Gasteiger partial charge is 0.338 e. The van der Waals surface area contributed by atoms with E-state index in [1.165, 1.54) is 44.7 Å². The Hall–Kier alpha value is -3.68. The van der Waals surface area contributed by atoms with Crippen LogP contribution in [0.1, 0.15) is 20.7 Å². The molecule has 0 spiro atoms. The van der Waals surface area contributed by atoms with E-state index >= 15 is 0 Å². The maximum atomic E-state index is 12.0. The first kappa shape index (κ1) is 17.2. The van der Waals surface area contributed by atoms with Crippen molar-refractivity contribution < 1.29 is 19.1 Å². The maximum absolute atomic E-state index is 12.0. The van der Waals surface area contributed by atoms with Crippen molar-refractivity contribution in [3.05, 3.63) is 60.0 Å². The molecular weight excluding hydrogens is 336 g/mol. The van der Waals surface area contributed by atoms with Crippen LogP contribution >= 0.6 is 0 Å². The molecule has 3 rings (SSSR count). The summed E-state index contributed by atoms with van der Waals surface area (Å²) in [7, 11) is 2.58. The first-order valence-electron chi connectivity index (χ1n) is 7.55. The maximum Gasteiger partial charge on any atom is 0.338 e. The van der Waals surface area contributed by atoms with Crippen molar-refractivity contribution in [2.45, 2.75) is 0 Å². The fourth-order valence-electron chi connectivity index (χ4n) is 2.26. The molecule has 3 aromatic heterocycles. The third-order valence-corrected chi connectivity index (χ3v) is 3.48. The zero-order valence-corrected chi connectivity index (χ0v) is 14.0. The van der Waals surface area contributed by atoms with Crippen LogP contribution in [0.15, 0.2) is 48.9 Å². The molecule has 0 aromatic carbocycles. The van der Waals surface area contributed by atoms with Gasteiger partial charge >= 0.3 is 11.9 Å². The number of ether oxygens (including phenoxy) is 2. The van der Waals surface area contributed by atoms with E-state index in [0.717, 1.165) is 0 Å². The highest BCUT2D eigenvalue weighted by molar-refractivity contribution is 5.92. The molecule has 0 unspecified atom stereocenters. The van der Waals surface area contributed by atoms with Crippen molar-refractivity contribution in [2.24, 2.45) is 0 Å². The minimum atomic E-state index is -0.532. The fourth-order valence-corrected chi connectivity index (χ4v) is 2.26. The lowest BCUT2D eigenvalue weighted by molar-refractivity contribution is 0.0591. The molecule has 3 heterocycles. The van der Waals surface area contributed by atoms with Crippen LogP contribution in [0.3, 0.4) is 0 Å². The summed E-state index contributed by atoms with van der Waals surface area (Å²) in [6.07, 6.45) is 4.61. The van der Waals surface area contributed by atoms with Gasteiger partial charge in [0.1, 0.15) is 5.69 Å². The van der Waals surface area contributed by atoms with Crippen molar-refractivity contribution in [1.29, 1.82) is 0 Å². The van der Waals surface area contributed by atoms with Gasteiger partial charge in [0.25, 0.3) is 0 Å². The second kappa shape index (κ2) is 7.47. The Morgan fingerprint density at radius 3 is 2.08 bits per heavy atom. The number of nitrogens with zero attached hydrogens (tertiary/aromatic N) is 4. The van der Waals surface area contributed by atoms with Crippen molar-refractivity contribution in [1.82, 2.24) is 19.9 Å². The second-order valence-corrected chi connectivity index (χ2v) is 5.11. The van der Waals surface area contributed by atoms with Gasteiger partial charge in [0, 0.05) is 18.6 Å². The summed E-state index contributed by atoms with van der Waals surface area (Å²) in [5, 5.41) is 0. The highest BCUT2D eigenvalue weighted by Gasteiger charge is 2.15. The molecule has 26 heavy (non-hydrogen) atoms. The molecule has 0 bridgehead atoms. The number of hydrogen-bond acceptors (Lipinski definition) is 8. The number of aromatic nitrogens is 4. The zero-order valence-electron chi connectivity index (χ0n) is 14.0. The van der Waals surface area contributed by atoms with Crippen LogP contribution in [0.5, 0.6) is 0 Å². The number of hydrogen-bond donors (Lipinski definition) is 0. The molecule has 0 N–H and O–H groups in total. The summed E-state index contributed by atoms with van der Waals surface area (Å²) in [5.74, 6) is -0.678. The molecule has 0 saturated carbocycles. The van der Waals surface area contributed by atoms with E-state index in [-0.39, 0.29) is 5.56 Å². The van der Waals surface area contributed by atoms with Crippen LogP contribution in [-0.4, -0.2) is 46.1 Å². The van der Waals surface area contributed by atoms with Gasteiger partial charge in [-0.25, -0.2) is 24.5 Å². The topological polar surface area (TPSA) is 104 Å². The van der Waals surface area contributed by atoms with Gasteiger partial charge in [0.2, 0.25) is 0 Å². The highest BCUT2D eigenvalue weighted by Crippen LogP contribution is 2.23. The van der Waals surface area contributed by atoms with Crippen LogP contribution in [0.4, 0.5) is 0 Å². The summed E-state index contributed by atoms with van der Waals surface area (Å²) in [6.45, 7) is 0. The SMILES string of the molecule is COC(=O)c1ccnc(-c2cc(C(=O)OC)cc(-c3ncccn3)n2)c1. The van der Waals surface area contributed by atoms with Gasteiger partial charge in [-0.1, -0.05) is 0 Å². The lowest BCUT2D eigenvalue weighted by Gasteiger charge is -2.08. The largest absolute Gasteiger partial charge is 0.465 e. The van der Waals surface area contributed by atoms with E-state index in [1.54, 1.807) is 18.5 Å². The number of rotatable bonds is 4. The van der Waals surface area contributed by atoms with Crippen LogP contribution < -0.4 is 0 Å². The van der Waals surface area contributed by atoms with Gasteiger partial charge in [-0.15, -0.1) is 0 Å². The molecule has 130 valence electrons. The minimum absolute atomic E-state index is 0.269. The lowest BCUT2D eigenvalue weighted by Crippen LogP contribution is -2.05. The van der Waals surface area contributed by atoms with Crippen LogP contribution in [0.2, 0.25) is 0 Å². The molecule has 0 amide bonds. The van der Waals surface area contributed by atoms with E-state index < -0.39 is 11.9 Å². The van der Waals surface area contributed by atoms with Crippen molar-refractivity contribution >= 4 is 11.9 Å². The predicted molar refractivity (Wildman–Crippen MR) is 91.2 cm³/mol. The molecule has 3 aromatic rings. The Labute approximate surface area is 148 Å². The van der Waals surface area contributed by atoms with E-state index in [2.05, 4.69) is 19.9 Å². The van der Waals surface area contributed by atoms with Gasteiger partial charge in [-0.2, -0.15) is 0 Å². The lowest BCUT2D eigenvalue weighted by atomic mass is 10.1. The molecule has 8 nitrogen and oxygen atoms in total. The summed E-state index contributed by atoms with van der Waals surface area (Å²) in [4.78, 5) is 40.8. The number of pyridine rings is 2. The molecule has 0 atom stereocenters. The van der Waals surface area contributed by atoms with Crippen molar-refractivity contribution in [3.63, 3.8) is 0 Å². The van der Waals surface area contributed by atoms with Gasteiger partial charge in [0.15, 0.2) is 5.82 Å². The fraction of sp³-hybridized carbons (Fsp3) is 0.111. The Morgan fingerprint density at radius 2 is 1.38 bits per heavy atom. The Balaban J connectivity index is 2.15. The molecule has 0 fully saturated rings. The first-order chi connectivity index (χ1) is 12.6.